The maximum absolute atomic E-state index is 13.5. The lowest BCUT2D eigenvalue weighted by Crippen LogP contribution is -2.50. The first-order chi connectivity index (χ1) is 28.8. The molecule has 316 valence electrons. The van der Waals surface area contributed by atoms with E-state index in [1.165, 1.54) is 63.1 Å². The molecule has 4 fully saturated rings. The molecule has 4 amide bonds. The molecule has 0 bridgehead atoms. The zero-order valence-corrected chi connectivity index (χ0v) is 35.8. The summed E-state index contributed by atoms with van der Waals surface area (Å²) in [7, 11) is 0. The van der Waals surface area contributed by atoms with Crippen molar-refractivity contribution < 1.29 is 24.3 Å². The van der Waals surface area contributed by atoms with Crippen molar-refractivity contribution >= 4 is 56.6 Å². The molecule has 2 saturated carbocycles. The molecule has 2 aromatic carbocycles. The summed E-state index contributed by atoms with van der Waals surface area (Å²) in [5.74, 6) is 0.968. The van der Waals surface area contributed by atoms with Crippen molar-refractivity contribution in [2.24, 2.45) is 17.3 Å². The number of hydrogen-bond acceptors (Lipinski definition) is 10. The van der Waals surface area contributed by atoms with Crippen molar-refractivity contribution in [3.8, 4) is 0 Å². The van der Waals surface area contributed by atoms with Gasteiger partial charge in [0.15, 0.2) is 0 Å². The van der Waals surface area contributed by atoms with Gasteiger partial charge >= 0.3 is 0 Å². The highest BCUT2D eigenvalue weighted by molar-refractivity contribution is 7.18. The Kier molecular flexibility index (Phi) is 11.0. The van der Waals surface area contributed by atoms with Crippen LogP contribution in [0.25, 0.3) is 10.2 Å². The zero-order valence-electron chi connectivity index (χ0n) is 35.0. The van der Waals surface area contributed by atoms with Crippen LogP contribution in [-0.4, -0.2) is 87.3 Å². The second kappa shape index (κ2) is 16.3. The predicted octanol–water partition coefficient (Wildman–Crippen LogP) is 7.62. The van der Waals surface area contributed by atoms with Gasteiger partial charge < -0.3 is 26.0 Å². The van der Waals surface area contributed by atoms with Gasteiger partial charge in [0.2, 0.25) is 5.91 Å². The number of amides is 4. The number of imide groups is 1. The van der Waals surface area contributed by atoms with Crippen molar-refractivity contribution in [1.82, 2.24) is 25.1 Å². The Labute approximate surface area is 355 Å². The van der Waals surface area contributed by atoms with Crippen LogP contribution in [-0.2, 0) is 10.4 Å². The summed E-state index contributed by atoms with van der Waals surface area (Å²) in [6, 6.07) is 14.5. The molecule has 2 saturated heterocycles. The molecule has 5 heterocycles. The number of carbonyl (C=O) groups is 4. The Morgan fingerprint density at radius 3 is 2.43 bits per heavy atom. The van der Waals surface area contributed by atoms with Gasteiger partial charge in [0.05, 0.1) is 38.0 Å². The molecule has 5 aliphatic rings. The summed E-state index contributed by atoms with van der Waals surface area (Å²) in [5.41, 5.74) is 4.18. The van der Waals surface area contributed by atoms with Crippen molar-refractivity contribution in [2.75, 3.05) is 43.4 Å². The van der Waals surface area contributed by atoms with Gasteiger partial charge in [-0.25, -0.2) is 9.97 Å². The van der Waals surface area contributed by atoms with Crippen LogP contribution in [0.1, 0.15) is 138 Å². The van der Waals surface area contributed by atoms with E-state index in [9.17, 15) is 24.3 Å². The third kappa shape index (κ3) is 8.20. The van der Waals surface area contributed by atoms with Crippen LogP contribution in [0.4, 0.5) is 11.4 Å². The van der Waals surface area contributed by atoms with Gasteiger partial charge in [0.25, 0.3) is 17.7 Å². The molecule has 4 aromatic rings. The zero-order chi connectivity index (χ0) is 41.8. The number of aromatic nitrogens is 2. The van der Waals surface area contributed by atoms with Crippen molar-refractivity contribution in [3.63, 3.8) is 0 Å². The normalized spacial score (nSPS) is 23.4. The number of benzene rings is 2. The lowest BCUT2D eigenvalue weighted by molar-refractivity contribution is -0.123. The number of piperidine rings is 2. The quantitative estimate of drug-likeness (QED) is 0.112. The van der Waals surface area contributed by atoms with E-state index < -0.39 is 5.60 Å². The van der Waals surface area contributed by atoms with Crippen LogP contribution in [0, 0.1) is 24.2 Å². The molecule has 9 rings (SSSR count). The summed E-state index contributed by atoms with van der Waals surface area (Å²) in [4.78, 5) is 65.0. The van der Waals surface area contributed by atoms with E-state index in [1.807, 2.05) is 43.3 Å². The minimum Gasteiger partial charge on any atom is -0.386 e. The minimum absolute atomic E-state index is 0.0341. The molecule has 12 nitrogen and oxygen atoms in total. The van der Waals surface area contributed by atoms with E-state index in [0.717, 1.165) is 52.4 Å². The van der Waals surface area contributed by atoms with Gasteiger partial charge in [-0.05, 0) is 152 Å². The number of nitrogens with one attached hydrogen (secondary N) is 3. The molecule has 13 heteroatoms. The standard InChI is InChI=1S/C47H57N7O5S/c1-28-6-4-9-36(50-28)42(56)51-37-23-39-38(22-34(37)46(2,3)59)52-43(60-39)31-12-10-29(11-13-31)27-53-20-17-47(18-21-53)24-30(25-47)16-19-48-35-8-5-7-33-41(35)45(58)54(44(33)57)32-14-15-40(55)49-26-32/h4-9,22-23,29-32,48,59H,10-21,24-27H2,1-3H3,(H,49,55)(H,51,56). The maximum atomic E-state index is 13.5. The van der Waals surface area contributed by atoms with Crippen molar-refractivity contribution in [2.45, 2.75) is 109 Å². The number of rotatable bonds is 11. The van der Waals surface area contributed by atoms with E-state index in [-0.39, 0.29) is 29.7 Å². The second-order valence-corrected chi connectivity index (χ2v) is 19.9. The summed E-state index contributed by atoms with van der Waals surface area (Å²) in [5, 5.41) is 21.5. The maximum Gasteiger partial charge on any atom is 0.274 e. The lowest BCUT2D eigenvalue weighted by atomic mass is 9.57. The molecule has 4 N–H and O–H groups in total. The van der Waals surface area contributed by atoms with Crippen LogP contribution < -0.4 is 16.0 Å². The van der Waals surface area contributed by atoms with Crippen LogP contribution in [0.5, 0.6) is 0 Å². The number of thiazole rings is 1. The van der Waals surface area contributed by atoms with Crippen LogP contribution in [0.2, 0.25) is 0 Å². The number of carbonyl (C=O) groups excluding carboxylic acids is 4. The Bertz CT molecular complexity index is 2300. The number of aryl methyl sites for hydroxylation is 1. The average Bonchev–Trinajstić information content (AvgIpc) is 3.75. The van der Waals surface area contributed by atoms with Gasteiger partial charge in [-0.2, -0.15) is 0 Å². The third-order valence-electron chi connectivity index (χ3n) is 14.1. The van der Waals surface area contributed by atoms with Gasteiger partial charge in [-0.3, -0.25) is 24.1 Å². The molecule has 1 spiro atoms. The molecular weight excluding hydrogens is 775 g/mol. The van der Waals surface area contributed by atoms with Gasteiger partial charge in [-0.1, -0.05) is 12.1 Å². The molecule has 0 radical (unpaired) electrons. The van der Waals surface area contributed by atoms with E-state index in [4.69, 9.17) is 4.98 Å². The van der Waals surface area contributed by atoms with Crippen LogP contribution in [0.15, 0.2) is 48.5 Å². The van der Waals surface area contributed by atoms with Gasteiger partial charge in [0.1, 0.15) is 5.69 Å². The number of likely N-dealkylation sites (tertiary alicyclic amines) is 1. The third-order valence-corrected chi connectivity index (χ3v) is 15.2. The SMILES string of the molecule is Cc1cccc(C(=O)Nc2cc3sc(C4CCC(CN5CCC6(CC5)CC(CCNc5cccc7c5C(=O)N(C5CCC(=O)NC5)C7=O)C6)CC4)nc3cc2C(C)(C)O)n1. The highest BCUT2D eigenvalue weighted by Gasteiger charge is 2.46. The second-order valence-electron chi connectivity index (χ2n) is 18.8. The first-order valence-electron chi connectivity index (χ1n) is 22.0. The van der Waals surface area contributed by atoms with Crippen molar-refractivity contribution in [3.05, 3.63) is 81.6 Å². The van der Waals surface area contributed by atoms with E-state index in [2.05, 4.69) is 25.8 Å². The molecule has 3 aliphatic heterocycles. The number of hydrogen-bond donors (Lipinski definition) is 4. The highest BCUT2D eigenvalue weighted by atomic mass is 32.1. The number of nitrogens with zero attached hydrogens (tertiary/aromatic N) is 4. The van der Waals surface area contributed by atoms with Gasteiger partial charge in [-0.15, -0.1) is 11.3 Å². The van der Waals surface area contributed by atoms with Gasteiger partial charge in [0, 0.05) is 54.6 Å². The number of pyridine rings is 1. The topological polar surface area (TPSA) is 157 Å². The number of aliphatic hydroxyl groups is 1. The van der Waals surface area contributed by atoms with Crippen LogP contribution in [0.3, 0.4) is 0 Å². The fraction of sp³-hybridized carbons (Fsp3) is 0.532. The fourth-order valence-corrected chi connectivity index (χ4v) is 11.9. The summed E-state index contributed by atoms with van der Waals surface area (Å²) in [6.07, 6.45) is 11.7. The Balaban J connectivity index is 0.724. The molecule has 2 aromatic heterocycles. The van der Waals surface area contributed by atoms with Crippen LogP contribution >= 0.6 is 11.3 Å². The Hall–Kier alpha value is -4.72. The molecule has 60 heavy (non-hydrogen) atoms. The molecule has 1 atom stereocenters. The average molecular weight is 832 g/mol. The highest BCUT2D eigenvalue weighted by Crippen LogP contribution is 2.54. The summed E-state index contributed by atoms with van der Waals surface area (Å²) in [6.45, 7) is 9.96. The first-order valence-corrected chi connectivity index (χ1v) is 22.8. The smallest absolute Gasteiger partial charge is 0.274 e. The minimum atomic E-state index is -1.16. The number of fused-ring (bicyclic) bond motifs is 2. The summed E-state index contributed by atoms with van der Waals surface area (Å²) < 4.78 is 1.01. The number of anilines is 2. The largest absolute Gasteiger partial charge is 0.386 e. The van der Waals surface area contributed by atoms with E-state index >= 15 is 0 Å². The Morgan fingerprint density at radius 1 is 0.950 bits per heavy atom. The van der Waals surface area contributed by atoms with E-state index in [0.29, 0.717) is 70.6 Å². The molecular formula is C47H57N7O5S. The Morgan fingerprint density at radius 2 is 1.72 bits per heavy atom. The molecule has 2 aliphatic carbocycles. The fourth-order valence-electron chi connectivity index (χ4n) is 10.7. The van der Waals surface area contributed by atoms with Crippen molar-refractivity contribution in [1.29, 1.82) is 0 Å². The first kappa shape index (κ1) is 40.7. The monoisotopic (exact) mass is 831 g/mol. The lowest BCUT2D eigenvalue weighted by Gasteiger charge is -2.53. The van der Waals surface area contributed by atoms with E-state index in [1.54, 1.807) is 37.3 Å². The molecule has 1 unspecified atom stereocenters. The predicted molar refractivity (Wildman–Crippen MR) is 233 cm³/mol. The summed E-state index contributed by atoms with van der Waals surface area (Å²) >= 11 is 1.71.